The SMILES string of the molecule is CNCc1ccc(CS(=O)(=O)NCc2ccncc2)cc1. The van der Waals surface area contributed by atoms with E-state index in [1.165, 1.54) is 0 Å². The number of benzene rings is 1. The topological polar surface area (TPSA) is 71.1 Å². The van der Waals surface area contributed by atoms with Gasteiger partial charge in [0.1, 0.15) is 0 Å². The second-order valence-electron chi connectivity index (χ2n) is 4.78. The van der Waals surface area contributed by atoms with E-state index >= 15 is 0 Å². The predicted molar refractivity (Wildman–Crippen MR) is 82.9 cm³/mol. The quantitative estimate of drug-likeness (QED) is 0.811. The summed E-state index contributed by atoms with van der Waals surface area (Å²) in [5, 5.41) is 3.05. The van der Waals surface area contributed by atoms with Crippen molar-refractivity contribution in [3.05, 3.63) is 65.5 Å². The van der Waals surface area contributed by atoms with Crippen molar-refractivity contribution < 1.29 is 8.42 Å². The Balaban J connectivity index is 1.94. The zero-order valence-electron chi connectivity index (χ0n) is 11.9. The minimum Gasteiger partial charge on any atom is -0.316 e. The number of hydrogen-bond donors (Lipinski definition) is 2. The maximum Gasteiger partial charge on any atom is 0.216 e. The lowest BCUT2D eigenvalue weighted by Gasteiger charge is -2.07. The maximum absolute atomic E-state index is 12.0. The Morgan fingerprint density at radius 3 is 2.10 bits per heavy atom. The average molecular weight is 305 g/mol. The Bertz CT molecular complexity index is 655. The fourth-order valence-electron chi connectivity index (χ4n) is 1.92. The summed E-state index contributed by atoms with van der Waals surface area (Å²) in [5.41, 5.74) is 2.79. The van der Waals surface area contributed by atoms with Crippen molar-refractivity contribution in [1.82, 2.24) is 15.0 Å². The first-order chi connectivity index (χ1) is 10.1. The highest BCUT2D eigenvalue weighted by Crippen LogP contribution is 2.08. The van der Waals surface area contributed by atoms with Crippen LogP contribution >= 0.6 is 0 Å². The number of nitrogens with one attached hydrogen (secondary N) is 2. The monoisotopic (exact) mass is 305 g/mol. The minimum absolute atomic E-state index is 0.0160. The molecule has 0 spiro atoms. The van der Waals surface area contributed by atoms with Crippen LogP contribution in [0.25, 0.3) is 0 Å². The normalized spacial score (nSPS) is 11.5. The molecule has 1 heterocycles. The highest BCUT2D eigenvalue weighted by molar-refractivity contribution is 7.88. The molecule has 0 saturated heterocycles. The molecule has 6 heteroatoms. The van der Waals surface area contributed by atoms with Gasteiger partial charge in [0.25, 0.3) is 0 Å². The Labute approximate surface area is 125 Å². The van der Waals surface area contributed by atoms with Crippen molar-refractivity contribution in [3.8, 4) is 0 Å². The first-order valence-corrected chi connectivity index (χ1v) is 8.33. The number of aromatic nitrogens is 1. The largest absolute Gasteiger partial charge is 0.316 e. The lowest BCUT2D eigenvalue weighted by Crippen LogP contribution is -2.24. The molecule has 0 fully saturated rings. The molecule has 0 bridgehead atoms. The third-order valence-electron chi connectivity index (χ3n) is 3.01. The second-order valence-corrected chi connectivity index (χ2v) is 6.59. The highest BCUT2D eigenvalue weighted by Gasteiger charge is 2.11. The summed E-state index contributed by atoms with van der Waals surface area (Å²) >= 11 is 0. The third kappa shape index (κ3) is 5.26. The Morgan fingerprint density at radius 2 is 1.48 bits per heavy atom. The summed E-state index contributed by atoms with van der Waals surface area (Å²) in [6.07, 6.45) is 3.29. The molecule has 2 rings (SSSR count). The average Bonchev–Trinajstić information content (AvgIpc) is 2.48. The van der Waals surface area contributed by atoms with E-state index in [-0.39, 0.29) is 12.3 Å². The first-order valence-electron chi connectivity index (χ1n) is 6.68. The summed E-state index contributed by atoms with van der Waals surface area (Å²) in [4.78, 5) is 3.90. The van der Waals surface area contributed by atoms with Crippen molar-refractivity contribution in [2.45, 2.75) is 18.8 Å². The van der Waals surface area contributed by atoms with Gasteiger partial charge in [0, 0.05) is 25.5 Å². The van der Waals surface area contributed by atoms with Gasteiger partial charge < -0.3 is 5.32 Å². The lowest BCUT2D eigenvalue weighted by molar-refractivity contribution is 0.580. The van der Waals surface area contributed by atoms with Crippen molar-refractivity contribution >= 4 is 10.0 Å². The zero-order valence-corrected chi connectivity index (χ0v) is 12.7. The van der Waals surface area contributed by atoms with Crippen LogP contribution in [0.5, 0.6) is 0 Å². The molecule has 1 aromatic carbocycles. The van der Waals surface area contributed by atoms with E-state index in [9.17, 15) is 8.42 Å². The number of pyridine rings is 1. The fourth-order valence-corrected chi connectivity index (χ4v) is 3.04. The predicted octanol–water partition coefficient (Wildman–Crippen LogP) is 1.42. The van der Waals surface area contributed by atoms with Gasteiger partial charge in [-0.15, -0.1) is 0 Å². The molecule has 1 aromatic heterocycles. The smallest absolute Gasteiger partial charge is 0.216 e. The molecule has 0 aliphatic carbocycles. The van der Waals surface area contributed by atoms with Gasteiger partial charge >= 0.3 is 0 Å². The summed E-state index contributed by atoms with van der Waals surface area (Å²) in [7, 11) is -1.47. The summed E-state index contributed by atoms with van der Waals surface area (Å²) in [6, 6.07) is 11.1. The van der Waals surface area contributed by atoms with Crippen LogP contribution in [0.15, 0.2) is 48.8 Å². The number of sulfonamides is 1. The van der Waals surface area contributed by atoms with Gasteiger partial charge in [-0.1, -0.05) is 24.3 Å². The number of hydrogen-bond acceptors (Lipinski definition) is 4. The van der Waals surface area contributed by atoms with Gasteiger partial charge in [-0.2, -0.15) is 0 Å². The Kier molecular flexibility index (Phi) is 5.44. The molecular formula is C15H19N3O2S. The minimum atomic E-state index is -3.34. The highest BCUT2D eigenvalue weighted by atomic mass is 32.2. The van der Waals surface area contributed by atoms with Crippen LogP contribution in [-0.2, 0) is 28.9 Å². The molecule has 0 unspecified atom stereocenters. The van der Waals surface area contributed by atoms with Crippen molar-refractivity contribution in [2.24, 2.45) is 0 Å². The lowest BCUT2D eigenvalue weighted by atomic mass is 10.1. The van der Waals surface area contributed by atoms with E-state index in [0.29, 0.717) is 0 Å². The summed E-state index contributed by atoms with van der Waals surface area (Å²) < 4.78 is 26.7. The first kappa shape index (κ1) is 15.6. The summed E-state index contributed by atoms with van der Waals surface area (Å²) in [5.74, 6) is -0.0160. The molecule has 21 heavy (non-hydrogen) atoms. The molecule has 0 saturated carbocycles. The van der Waals surface area contributed by atoms with E-state index in [1.54, 1.807) is 24.5 Å². The van der Waals surface area contributed by atoms with Gasteiger partial charge in [0.05, 0.1) is 5.75 Å². The molecule has 112 valence electrons. The number of nitrogens with zero attached hydrogens (tertiary/aromatic N) is 1. The molecule has 0 aliphatic heterocycles. The number of rotatable bonds is 7. The second kappa shape index (κ2) is 7.31. The third-order valence-corrected chi connectivity index (χ3v) is 4.30. The Morgan fingerprint density at radius 1 is 0.905 bits per heavy atom. The fraction of sp³-hybridized carbons (Fsp3) is 0.267. The van der Waals surface area contributed by atoms with Gasteiger partial charge in [-0.05, 0) is 35.9 Å². The van der Waals surface area contributed by atoms with E-state index in [1.807, 2.05) is 31.3 Å². The van der Waals surface area contributed by atoms with Gasteiger partial charge in [0.2, 0.25) is 10.0 Å². The van der Waals surface area contributed by atoms with E-state index in [0.717, 1.165) is 23.2 Å². The van der Waals surface area contributed by atoms with Crippen molar-refractivity contribution in [1.29, 1.82) is 0 Å². The maximum atomic E-state index is 12.0. The molecular weight excluding hydrogens is 286 g/mol. The summed E-state index contributed by atoms with van der Waals surface area (Å²) in [6.45, 7) is 1.05. The molecule has 2 aromatic rings. The van der Waals surface area contributed by atoms with Gasteiger partial charge in [-0.3, -0.25) is 4.98 Å². The molecule has 0 aliphatic rings. The molecule has 5 nitrogen and oxygen atoms in total. The van der Waals surface area contributed by atoms with Gasteiger partial charge in [0.15, 0.2) is 0 Å². The van der Waals surface area contributed by atoms with Gasteiger partial charge in [-0.25, -0.2) is 13.1 Å². The Hall–Kier alpha value is -1.76. The van der Waals surface area contributed by atoms with Crippen LogP contribution in [0.1, 0.15) is 16.7 Å². The van der Waals surface area contributed by atoms with E-state index < -0.39 is 10.0 Å². The molecule has 0 atom stereocenters. The molecule has 0 amide bonds. The zero-order chi connectivity index (χ0) is 15.1. The van der Waals surface area contributed by atoms with Crippen molar-refractivity contribution in [2.75, 3.05) is 7.05 Å². The van der Waals surface area contributed by atoms with Crippen LogP contribution in [-0.4, -0.2) is 20.4 Å². The van der Waals surface area contributed by atoms with Crippen LogP contribution in [0.3, 0.4) is 0 Å². The van der Waals surface area contributed by atoms with E-state index in [2.05, 4.69) is 15.0 Å². The van der Waals surface area contributed by atoms with Crippen molar-refractivity contribution in [3.63, 3.8) is 0 Å². The molecule has 2 N–H and O–H groups in total. The van der Waals surface area contributed by atoms with Crippen LogP contribution in [0, 0.1) is 0 Å². The molecule has 0 radical (unpaired) electrons. The standard InChI is InChI=1S/C15H19N3O2S/c1-16-10-13-2-4-15(5-3-13)12-21(19,20)18-11-14-6-8-17-9-7-14/h2-9,16,18H,10-12H2,1H3. The van der Waals surface area contributed by atoms with Crippen LogP contribution < -0.4 is 10.0 Å². The van der Waals surface area contributed by atoms with Crippen LogP contribution in [0.4, 0.5) is 0 Å². The van der Waals surface area contributed by atoms with E-state index in [4.69, 9.17) is 0 Å². The van der Waals surface area contributed by atoms with Crippen LogP contribution in [0.2, 0.25) is 0 Å².